The Morgan fingerprint density at radius 2 is 2.33 bits per heavy atom. The van der Waals surface area contributed by atoms with Crippen LogP contribution in [0.1, 0.15) is 25.6 Å². The molecule has 0 radical (unpaired) electrons. The number of sulfonamides is 1. The highest BCUT2D eigenvalue weighted by Crippen LogP contribution is 2.28. The SMILES string of the molecule is CCc1ncc(S(=O)(=O)NCC2CC2)[nH]1. The lowest BCUT2D eigenvalue weighted by Crippen LogP contribution is -2.26. The maximum Gasteiger partial charge on any atom is 0.257 e. The van der Waals surface area contributed by atoms with Crippen LogP contribution in [0.15, 0.2) is 11.2 Å². The van der Waals surface area contributed by atoms with Crippen LogP contribution >= 0.6 is 0 Å². The molecule has 0 bridgehead atoms. The number of hydrogen-bond donors (Lipinski definition) is 2. The number of imidazole rings is 1. The van der Waals surface area contributed by atoms with Crippen molar-refractivity contribution < 1.29 is 8.42 Å². The summed E-state index contributed by atoms with van der Waals surface area (Å²) < 4.78 is 26.0. The summed E-state index contributed by atoms with van der Waals surface area (Å²) in [4.78, 5) is 6.75. The second kappa shape index (κ2) is 3.94. The molecule has 1 fully saturated rings. The molecule has 2 N–H and O–H groups in total. The van der Waals surface area contributed by atoms with Crippen molar-refractivity contribution in [3.63, 3.8) is 0 Å². The lowest BCUT2D eigenvalue weighted by atomic mass is 10.4. The van der Waals surface area contributed by atoms with Crippen LogP contribution < -0.4 is 4.72 Å². The van der Waals surface area contributed by atoms with Crippen molar-refractivity contribution in [2.24, 2.45) is 5.92 Å². The molecule has 1 aromatic heterocycles. The third-order valence-corrected chi connectivity index (χ3v) is 3.82. The van der Waals surface area contributed by atoms with Gasteiger partial charge in [-0.15, -0.1) is 0 Å². The lowest BCUT2D eigenvalue weighted by molar-refractivity contribution is 0.574. The van der Waals surface area contributed by atoms with Gasteiger partial charge in [-0.3, -0.25) is 0 Å². The number of nitrogens with one attached hydrogen (secondary N) is 2. The molecule has 1 aliphatic carbocycles. The molecule has 1 aliphatic rings. The Morgan fingerprint density at radius 1 is 1.60 bits per heavy atom. The van der Waals surface area contributed by atoms with Gasteiger partial charge in [-0.1, -0.05) is 6.92 Å². The first-order valence-electron chi connectivity index (χ1n) is 5.15. The van der Waals surface area contributed by atoms with Gasteiger partial charge in [0.2, 0.25) is 0 Å². The summed E-state index contributed by atoms with van der Waals surface area (Å²) in [7, 11) is -3.37. The topological polar surface area (TPSA) is 74.8 Å². The number of aromatic nitrogens is 2. The molecule has 5 nitrogen and oxygen atoms in total. The molecule has 15 heavy (non-hydrogen) atoms. The van der Waals surface area contributed by atoms with Crippen molar-refractivity contribution in [3.05, 3.63) is 12.0 Å². The van der Waals surface area contributed by atoms with Crippen LogP contribution in [0.5, 0.6) is 0 Å². The number of nitrogens with zero attached hydrogens (tertiary/aromatic N) is 1. The highest BCUT2D eigenvalue weighted by molar-refractivity contribution is 7.89. The molecule has 2 rings (SSSR count). The fourth-order valence-electron chi connectivity index (χ4n) is 1.29. The zero-order chi connectivity index (χ0) is 10.9. The molecule has 84 valence electrons. The van der Waals surface area contributed by atoms with E-state index in [1.54, 1.807) is 0 Å². The number of aromatic amines is 1. The van der Waals surface area contributed by atoms with E-state index in [1.165, 1.54) is 6.20 Å². The molecule has 0 saturated heterocycles. The minimum absolute atomic E-state index is 0.167. The van der Waals surface area contributed by atoms with Gasteiger partial charge in [0.25, 0.3) is 10.0 Å². The standard InChI is InChI=1S/C9H15N3O2S/c1-2-8-10-6-9(12-8)15(13,14)11-5-7-3-4-7/h6-7,11H,2-5H2,1H3,(H,10,12). The van der Waals surface area contributed by atoms with E-state index in [2.05, 4.69) is 14.7 Å². The molecule has 0 unspecified atom stereocenters. The average Bonchev–Trinajstić information content (AvgIpc) is 2.90. The summed E-state index contributed by atoms with van der Waals surface area (Å²) in [6.45, 7) is 2.47. The first-order chi connectivity index (χ1) is 7.12. The Kier molecular flexibility index (Phi) is 2.79. The number of hydrogen-bond acceptors (Lipinski definition) is 3. The van der Waals surface area contributed by atoms with Crippen molar-refractivity contribution >= 4 is 10.0 Å². The molecule has 6 heteroatoms. The average molecular weight is 229 g/mol. The molecular formula is C9H15N3O2S. The summed E-state index contributed by atoms with van der Waals surface area (Å²) in [6.07, 6.45) is 4.34. The largest absolute Gasteiger partial charge is 0.332 e. The normalized spacial score (nSPS) is 16.9. The van der Waals surface area contributed by atoms with E-state index >= 15 is 0 Å². The van der Waals surface area contributed by atoms with Crippen LogP contribution in [-0.2, 0) is 16.4 Å². The van der Waals surface area contributed by atoms with E-state index in [4.69, 9.17) is 0 Å². The summed E-state index contributed by atoms with van der Waals surface area (Å²) >= 11 is 0. The van der Waals surface area contributed by atoms with Crippen molar-refractivity contribution in [1.29, 1.82) is 0 Å². The minimum atomic E-state index is -3.37. The number of H-pyrrole nitrogens is 1. The molecule has 1 saturated carbocycles. The molecule has 1 heterocycles. The smallest absolute Gasteiger partial charge is 0.257 e. The third-order valence-electron chi connectivity index (χ3n) is 2.49. The van der Waals surface area contributed by atoms with Crippen LogP contribution in [0.3, 0.4) is 0 Å². The zero-order valence-electron chi connectivity index (χ0n) is 8.66. The van der Waals surface area contributed by atoms with Gasteiger partial charge in [0.15, 0.2) is 5.03 Å². The van der Waals surface area contributed by atoms with Crippen LogP contribution in [0.2, 0.25) is 0 Å². The van der Waals surface area contributed by atoms with E-state index in [0.717, 1.165) is 12.8 Å². The van der Waals surface area contributed by atoms with Crippen LogP contribution in [-0.4, -0.2) is 24.9 Å². The maximum atomic E-state index is 11.7. The Labute approximate surface area is 89.4 Å². The number of aryl methyl sites for hydroxylation is 1. The van der Waals surface area contributed by atoms with Gasteiger partial charge in [0.1, 0.15) is 5.82 Å². The van der Waals surface area contributed by atoms with Gasteiger partial charge in [-0.2, -0.15) is 0 Å². The fourth-order valence-corrected chi connectivity index (χ4v) is 2.34. The minimum Gasteiger partial charge on any atom is -0.332 e. The third kappa shape index (κ3) is 2.57. The Bertz CT molecular complexity index is 434. The summed E-state index contributed by atoms with van der Waals surface area (Å²) in [5, 5.41) is 0.167. The van der Waals surface area contributed by atoms with Crippen LogP contribution in [0.25, 0.3) is 0 Å². The highest BCUT2D eigenvalue weighted by Gasteiger charge is 2.25. The molecule has 0 spiro atoms. The van der Waals surface area contributed by atoms with Crippen LogP contribution in [0, 0.1) is 5.92 Å². The van der Waals surface area contributed by atoms with E-state index in [1.807, 2.05) is 6.92 Å². The molecule has 0 amide bonds. The monoisotopic (exact) mass is 229 g/mol. The van der Waals surface area contributed by atoms with Crippen molar-refractivity contribution in [2.75, 3.05) is 6.54 Å². The maximum absolute atomic E-state index is 11.7. The van der Waals surface area contributed by atoms with E-state index in [0.29, 0.717) is 24.7 Å². The predicted molar refractivity (Wildman–Crippen MR) is 55.9 cm³/mol. The van der Waals surface area contributed by atoms with E-state index < -0.39 is 10.0 Å². The van der Waals surface area contributed by atoms with Gasteiger partial charge in [0, 0.05) is 13.0 Å². The van der Waals surface area contributed by atoms with Gasteiger partial charge in [-0.05, 0) is 18.8 Å². The molecular weight excluding hydrogens is 214 g/mol. The Morgan fingerprint density at radius 3 is 2.87 bits per heavy atom. The quantitative estimate of drug-likeness (QED) is 0.779. The lowest BCUT2D eigenvalue weighted by Gasteiger charge is -2.02. The fraction of sp³-hybridized carbons (Fsp3) is 0.667. The number of rotatable bonds is 5. The zero-order valence-corrected chi connectivity index (χ0v) is 9.47. The molecule has 0 aromatic carbocycles. The van der Waals surface area contributed by atoms with Gasteiger partial charge < -0.3 is 4.98 Å². The second-order valence-corrected chi connectivity index (χ2v) is 5.58. The summed E-state index contributed by atoms with van der Waals surface area (Å²) in [5.74, 6) is 1.23. The van der Waals surface area contributed by atoms with E-state index in [9.17, 15) is 8.42 Å². The van der Waals surface area contributed by atoms with Gasteiger partial charge in [0.05, 0.1) is 6.20 Å². The predicted octanol–water partition coefficient (Wildman–Crippen LogP) is 0.660. The molecule has 0 aliphatic heterocycles. The first-order valence-corrected chi connectivity index (χ1v) is 6.63. The van der Waals surface area contributed by atoms with Crippen molar-refractivity contribution in [1.82, 2.24) is 14.7 Å². The highest BCUT2D eigenvalue weighted by atomic mass is 32.2. The molecule has 1 aromatic rings. The summed E-state index contributed by atoms with van der Waals surface area (Å²) in [6, 6.07) is 0. The van der Waals surface area contributed by atoms with Gasteiger partial charge >= 0.3 is 0 Å². The summed E-state index contributed by atoms with van der Waals surface area (Å²) in [5.41, 5.74) is 0. The van der Waals surface area contributed by atoms with Crippen LogP contribution in [0.4, 0.5) is 0 Å². The molecule has 0 atom stereocenters. The second-order valence-electron chi connectivity index (χ2n) is 3.84. The van der Waals surface area contributed by atoms with Gasteiger partial charge in [-0.25, -0.2) is 18.1 Å². The van der Waals surface area contributed by atoms with Crippen molar-refractivity contribution in [2.45, 2.75) is 31.2 Å². The Balaban J connectivity index is 2.05. The van der Waals surface area contributed by atoms with Crippen molar-refractivity contribution in [3.8, 4) is 0 Å². The first kappa shape index (κ1) is 10.6. The van der Waals surface area contributed by atoms with E-state index in [-0.39, 0.29) is 5.03 Å². The Hall–Kier alpha value is -0.880.